The molecule has 0 saturated heterocycles. The van der Waals surface area contributed by atoms with Gasteiger partial charge in [0, 0.05) is 5.02 Å². The maximum atomic E-state index is 5.61. The summed E-state index contributed by atoms with van der Waals surface area (Å²) >= 11 is 5.61. The Balaban J connectivity index is 0.000000250. The number of halogens is 1. The zero-order chi connectivity index (χ0) is 45.8. The van der Waals surface area contributed by atoms with E-state index in [1.807, 2.05) is 79.7 Å². The van der Waals surface area contributed by atoms with Crippen molar-refractivity contribution in [3.63, 3.8) is 0 Å². The molecule has 0 unspecified atom stereocenters. The summed E-state index contributed by atoms with van der Waals surface area (Å²) in [5.41, 5.74) is 12.2. The average molecular weight is 844 g/mol. The molecule has 0 heterocycles. The number of ether oxygens (including phenoxy) is 1. The molecule has 0 aliphatic carbocycles. The van der Waals surface area contributed by atoms with Crippen molar-refractivity contribution < 1.29 is 4.74 Å². The largest absolute Gasteiger partial charge is 0.497 e. The van der Waals surface area contributed by atoms with Crippen LogP contribution in [0, 0.1) is 48.5 Å². The Kier molecular flexibility index (Phi) is 24.8. The molecule has 0 amide bonds. The third-order valence-corrected chi connectivity index (χ3v) is 9.75. The van der Waals surface area contributed by atoms with Crippen LogP contribution < -0.4 is 4.74 Å². The first kappa shape index (κ1) is 52.2. The van der Waals surface area contributed by atoms with Gasteiger partial charge in [0.15, 0.2) is 0 Å². The molecule has 0 radical (unpaired) electrons. The Morgan fingerprint density at radius 2 is 0.742 bits per heavy atom. The first-order valence-electron chi connectivity index (χ1n) is 21.5. The quantitative estimate of drug-likeness (QED) is 0.168. The summed E-state index contributed by atoms with van der Waals surface area (Å²) in [4.78, 5) is 0. The number of hydrogen-bond donors (Lipinski definition) is 0. The molecule has 0 spiro atoms. The van der Waals surface area contributed by atoms with Crippen LogP contribution in [0.1, 0.15) is 77.8 Å². The van der Waals surface area contributed by atoms with E-state index in [0.29, 0.717) is 0 Å². The molecule has 0 aromatic heterocycles. The molecule has 0 N–H and O–H groups in total. The first-order chi connectivity index (χ1) is 29.6. The van der Waals surface area contributed by atoms with E-state index >= 15 is 0 Å². The van der Waals surface area contributed by atoms with Crippen LogP contribution in [-0.2, 0) is 11.8 Å². The molecular formula is C60H71ClO. The van der Waals surface area contributed by atoms with E-state index in [-0.39, 0.29) is 5.41 Å². The van der Waals surface area contributed by atoms with Crippen molar-refractivity contribution in [3.8, 4) is 5.75 Å². The van der Waals surface area contributed by atoms with E-state index in [1.165, 1.54) is 60.8 Å². The molecule has 0 aliphatic heterocycles. The van der Waals surface area contributed by atoms with Gasteiger partial charge in [0.25, 0.3) is 0 Å². The fourth-order valence-electron chi connectivity index (χ4n) is 5.45. The van der Waals surface area contributed by atoms with Gasteiger partial charge < -0.3 is 4.74 Å². The first-order valence-corrected chi connectivity index (χ1v) is 21.9. The van der Waals surface area contributed by atoms with Crippen LogP contribution in [0.5, 0.6) is 5.75 Å². The lowest BCUT2D eigenvalue weighted by atomic mass is 9.87. The predicted molar refractivity (Wildman–Crippen MR) is 275 cm³/mol. The Labute approximate surface area is 381 Å². The van der Waals surface area contributed by atoms with E-state index in [0.717, 1.165) is 17.2 Å². The predicted octanol–water partition coefficient (Wildman–Crippen LogP) is 17.6. The van der Waals surface area contributed by atoms with Crippen molar-refractivity contribution in [1.29, 1.82) is 0 Å². The number of fused-ring (bicyclic) bond motifs is 1. The van der Waals surface area contributed by atoms with E-state index in [4.69, 9.17) is 16.3 Å². The fourth-order valence-corrected chi connectivity index (χ4v) is 5.58. The van der Waals surface area contributed by atoms with Gasteiger partial charge in [0.1, 0.15) is 5.75 Å². The highest BCUT2D eigenvalue weighted by atomic mass is 35.5. The van der Waals surface area contributed by atoms with E-state index in [9.17, 15) is 0 Å². The Morgan fingerprint density at radius 3 is 1.11 bits per heavy atom. The summed E-state index contributed by atoms with van der Waals surface area (Å²) in [5.74, 6) is 0.917. The second kappa shape index (κ2) is 29.4. The van der Waals surface area contributed by atoms with Crippen LogP contribution in [0.3, 0.4) is 0 Å². The summed E-state index contributed by atoms with van der Waals surface area (Å²) in [6.07, 6.45) is 1.14. The zero-order valence-corrected chi connectivity index (χ0v) is 40.3. The van der Waals surface area contributed by atoms with Crippen molar-refractivity contribution >= 4 is 22.4 Å². The highest BCUT2D eigenvalue weighted by Gasteiger charge is 2.11. The van der Waals surface area contributed by atoms with Crippen LogP contribution in [0.15, 0.2) is 200 Å². The minimum Gasteiger partial charge on any atom is -0.497 e. The smallest absolute Gasteiger partial charge is 0.118 e. The summed E-state index contributed by atoms with van der Waals surface area (Å²) in [7, 11) is 1.67. The summed E-state index contributed by atoms with van der Waals surface area (Å²) in [5, 5.41) is 3.45. The molecule has 0 saturated carbocycles. The lowest BCUT2D eigenvalue weighted by Gasteiger charge is -2.18. The highest BCUT2D eigenvalue weighted by Crippen LogP contribution is 2.22. The lowest BCUT2D eigenvalue weighted by molar-refractivity contribution is 0.414. The summed E-state index contributed by atoms with van der Waals surface area (Å²) in [6.45, 7) is 23.5. The Hall–Kier alpha value is -5.89. The van der Waals surface area contributed by atoms with Crippen LogP contribution in [0.4, 0.5) is 0 Å². The minimum atomic E-state index is 0.285. The number of methoxy groups -OCH3 is 1. The number of benzene rings is 8. The van der Waals surface area contributed by atoms with Gasteiger partial charge in [0.05, 0.1) is 7.11 Å². The molecule has 0 fully saturated rings. The maximum Gasteiger partial charge on any atom is 0.118 e. The van der Waals surface area contributed by atoms with Gasteiger partial charge in [0.2, 0.25) is 0 Å². The molecule has 8 rings (SSSR count). The summed E-state index contributed by atoms with van der Waals surface area (Å²) in [6, 6.07) is 68.6. The Morgan fingerprint density at radius 1 is 0.387 bits per heavy atom. The monoisotopic (exact) mass is 843 g/mol. The van der Waals surface area contributed by atoms with Gasteiger partial charge >= 0.3 is 0 Å². The fraction of sp³-hybridized carbons (Fsp3) is 0.233. The normalized spacial score (nSPS) is 9.76. The molecule has 1 nitrogen and oxygen atoms in total. The number of hydrogen-bond acceptors (Lipinski definition) is 1. The zero-order valence-electron chi connectivity index (χ0n) is 39.5. The molecule has 2 heteroatoms. The molecule has 324 valence electrons. The Bertz CT molecular complexity index is 2240. The SMILES string of the molecule is CCc1ccccc1.COc1ccc(C)cc1.Cc1ccc(C(C)(C)C)cc1.Cc1ccc(C)cc1.Cc1ccc(Cl)cc1.Cc1ccc2ccccc2c1.Cc1ccccc1. The molecule has 0 bridgehead atoms. The van der Waals surface area contributed by atoms with Gasteiger partial charge in [-0.15, -0.1) is 0 Å². The van der Waals surface area contributed by atoms with E-state index in [1.54, 1.807) is 7.11 Å². The third-order valence-electron chi connectivity index (χ3n) is 9.50. The maximum absolute atomic E-state index is 5.61. The topological polar surface area (TPSA) is 9.23 Å². The molecule has 0 aliphatic rings. The van der Waals surface area contributed by atoms with Crippen LogP contribution in [-0.4, -0.2) is 7.11 Å². The van der Waals surface area contributed by atoms with Crippen molar-refractivity contribution in [1.82, 2.24) is 0 Å². The van der Waals surface area contributed by atoms with Gasteiger partial charge in [-0.2, -0.15) is 0 Å². The van der Waals surface area contributed by atoms with E-state index in [2.05, 4.69) is 197 Å². The highest BCUT2D eigenvalue weighted by molar-refractivity contribution is 6.30. The molecule has 62 heavy (non-hydrogen) atoms. The van der Waals surface area contributed by atoms with Crippen LogP contribution >= 0.6 is 11.6 Å². The van der Waals surface area contributed by atoms with Crippen LogP contribution in [0.2, 0.25) is 5.02 Å². The van der Waals surface area contributed by atoms with Gasteiger partial charge in [-0.3, -0.25) is 0 Å². The summed E-state index contributed by atoms with van der Waals surface area (Å²) < 4.78 is 4.97. The van der Waals surface area contributed by atoms with Crippen molar-refractivity contribution in [2.24, 2.45) is 0 Å². The average Bonchev–Trinajstić information content (AvgIpc) is 3.28. The van der Waals surface area contributed by atoms with Gasteiger partial charge in [-0.25, -0.2) is 0 Å². The van der Waals surface area contributed by atoms with Crippen molar-refractivity contribution in [2.45, 2.75) is 88.0 Å². The van der Waals surface area contributed by atoms with E-state index < -0.39 is 0 Å². The number of aryl methyl sites for hydroxylation is 8. The van der Waals surface area contributed by atoms with Gasteiger partial charge in [-0.1, -0.05) is 254 Å². The molecular weight excluding hydrogens is 772 g/mol. The lowest BCUT2D eigenvalue weighted by Crippen LogP contribution is -2.10. The third kappa shape index (κ3) is 23.8. The van der Waals surface area contributed by atoms with Crippen LogP contribution in [0.25, 0.3) is 10.8 Å². The second-order valence-electron chi connectivity index (χ2n) is 16.4. The number of rotatable bonds is 2. The standard InChI is InChI=1S/C11H10.C11H16.C8H10O.2C8H10.C7H7Cl.C7H8/c1-9-6-7-10-4-2-3-5-11(10)8-9;1-9-5-7-10(8-6-9)11(2,3)4;1-7-3-5-8(9-2)6-4-7;1-7-3-5-8(2)6-4-7;1-2-8-6-4-3-5-7-8;1-6-2-4-7(8)5-3-6;1-7-5-3-2-4-6-7/h2-8H,1H3;5-8H,1-4H3;3-6H,1-2H3;3-6H,1-2H3;3-7H,2H2,1H3;2-5H,1H3;2-6H,1H3. The molecule has 8 aromatic rings. The second-order valence-corrected chi connectivity index (χ2v) is 16.9. The molecule has 0 atom stereocenters. The van der Waals surface area contributed by atoms with Gasteiger partial charge in [-0.05, 0) is 106 Å². The minimum absolute atomic E-state index is 0.285. The van der Waals surface area contributed by atoms with Crippen molar-refractivity contribution in [3.05, 3.63) is 255 Å². The molecule has 8 aromatic carbocycles. The van der Waals surface area contributed by atoms with Crippen molar-refractivity contribution in [2.75, 3.05) is 7.11 Å².